The molecule has 2 radical (unpaired) electrons. The fourth-order valence-electron chi connectivity index (χ4n) is 8.45. The molecular formula is C50H58Cl4SiZr2. The summed E-state index contributed by atoms with van der Waals surface area (Å²) < 4.78 is 0. The summed E-state index contributed by atoms with van der Waals surface area (Å²) in [6.45, 7) is 15.9. The molecule has 2 fully saturated rings. The van der Waals surface area contributed by atoms with E-state index in [-0.39, 0.29) is 0 Å². The van der Waals surface area contributed by atoms with E-state index in [1.165, 1.54) is 130 Å². The monoisotopic (exact) mass is 1010 g/mol. The number of rotatable bonds is 12. The van der Waals surface area contributed by atoms with E-state index in [0.29, 0.717) is 20.3 Å². The Labute approximate surface area is 385 Å². The van der Waals surface area contributed by atoms with Crippen LogP contribution in [0.15, 0.2) is 109 Å². The molecule has 0 bridgehead atoms. The molecule has 6 aromatic rings. The maximum absolute atomic E-state index is 4.93. The van der Waals surface area contributed by atoms with Crippen molar-refractivity contribution in [1.29, 1.82) is 0 Å². The predicted molar refractivity (Wildman–Crippen MR) is 249 cm³/mol. The van der Waals surface area contributed by atoms with Crippen LogP contribution in [0, 0.1) is 23.9 Å². The number of hydrogen-bond donors (Lipinski definition) is 0. The van der Waals surface area contributed by atoms with Crippen LogP contribution in [0.5, 0.6) is 0 Å². The van der Waals surface area contributed by atoms with Gasteiger partial charge < -0.3 is 22.6 Å². The van der Waals surface area contributed by atoms with E-state index in [2.05, 4.69) is 150 Å². The summed E-state index contributed by atoms with van der Waals surface area (Å²) >= 11 is -1.65. The van der Waals surface area contributed by atoms with E-state index in [1.54, 1.807) is 0 Å². The minimum absolute atomic E-state index is 0.583. The third-order valence-electron chi connectivity index (χ3n) is 11.6. The molecule has 0 spiro atoms. The molecule has 0 atom stereocenters. The molecule has 0 unspecified atom stereocenters. The van der Waals surface area contributed by atoms with Gasteiger partial charge in [-0.25, -0.2) is 0 Å². The van der Waals surface area contributed by atoms with Crippen molar-refractivity contribution in [3.05, 3.63) is 145 Å². The third kappa shape index (κ3) is 14.7. The molecule has 0 saturated heterocycles. The number of halogens is 4. The molecule has 2 saturated carbocycles. The van der Waals surface area contributed by atoms with Crippen molar-refractivity contribution in [3.8, 4) is 22.3 Å². The fraction of sp³-hybridized carbons (Fsp3) is 0.360. The first-order valence-electron chi connectivity index (χ1n) is 20.5. The van der Waals surface area contributed by atoms with Crippen LogP contribution < -0.4 is 0 Å². The van der Waals surface area contributed by atoms with Crippen molar-refractivity contribution in [1.82, 2.24) is 0 Å². The summed E-state index contributed by atoms with van der Waals surface area (Å²) in [5.41, 5.74) is 12.6. The molecule has 0 nitrogen and oxygen atoms in total. The van der Waals surface area contributed by atoms with Gasteiger partial charge >= 0.3 is 75.7 Å². The second-order valence-electron chi connectivity index (χ2n) is 15.7. The van der Waals surface area contributed by atoms with E-state index in [1.807, 2.05) is 0 Å². The van der Waals surface area contributed by atoms with Crippen LogP contribution in [-0.2, 0) is 67.4 Å². The van der Waals surface area contributed by atoms with Crippen LogP contribution in [0.1, 0.15) is 101 Å². The summed E-state index contributed by atoms with van der Waals surface area (Å²) in [6, 6.07) is 41.4. The molecule has 0 N–H and O–H groups in total. The maximum atomic E-state index is 4.93. The second-order valence-corrected chi connectivity index (χ2v) is 23.7. The molecule has 8 rings (SSSR count). The van der Waals surface area contributed by atoms with Crippen LogP contribution in [0.25, 0.3) is 43.8 Å². The average molecular weight is 1010 g/mol. The summed E-state index contributed by atoms with van der Waals surface area (Å²) in [5.74, 6) is 0. The van der Waals surface area contributed by atoms with E-state index in [0.717, 1.165) is 12.8 Å². The van der Waals surface area contributed by atoms with E-state index in [4.69, 9.17) is 34.1 Å². The summed E-state index contributed by atoms with van der Waals surface area (Å²) in [6.07, 6.45) is 15.8. The van der Waals surface area contributed by atoms with Gasteiger partial charge in [-0.2, -0.15) is 12.1 Å². The van der Waals surface area contributed by atoms with Gasteiger partial charge in [0.05, 0.1) is 0 Å². The van der Waals surface area contributed by atoms with Crippen molar-refractivity contribution in [2.24, 2.45) is 10.8 Å². The Balaban J connectivity index is 0.000000210. The Morgan fingerprint density at radius 3 is 1.18 bits per heavy atom. The van der Waals surface area contributed by atoms with Crippen LogP contribution in [0.2, 0.25) is 0 Å². The SMILES string of the molecule is CCCC1(Cc2cc3c(-c4ccc(CC)cc4)cccc3[cH-]2)CC1.CCCC1(Cc2cc3c(-c4ccc(CC)cc4)cccc3[cH-]2)CC1.[CH2-][Si][CH2-].[Cl][Zr+2][Cl].[Cl][Zr+2][Cl]. The number of benzene rings is 4. The van der Waals surface area contributed by atoms with E-state index >= 15 is 0 Å². The summed E-state index contributed by atoms with van der Waals surface area (Å²) in [4.78, 5) is 0. The summed E-state index contributed by atoms with van der Waals surface area (Å²) in [7, 11) is 20.3. The van der Waals surface area contributed by atoms with Crippen molar-refractivity contribution in [2.75, 3.05) is 0 Å². The first-order valence-corrected chi connectivity index (χ1v) is 34.5. The number of aryl methyl sites for hydroxylation is 2. The van der Waals surface area contributed by atoms with Gasteiger partial charge in [0.15, 0.2) is 0 Å². The average Bonchev–Trinajstić information content (AvgIpc) is 4.06. The molecule has 0 aliphatic heterocycles. The zero-order valence-corrected chi connectivity index (χ0v) is 43.2. The molecule has 0 aromatic heterocycles. The van der Waals surface area contributed by atoms with Crippen molar-refractivity contribution in [2.45, 2.75) is 105 Å². The molecule has 2 aliphatic rings. The number of hydrogen-bond acceptors (Lipinski definition) is 0. The van der Waals surface area contributed by atoms with Crippen LogP contribution in [-0.4, -0.2) is 9.52 Å². The molecule has 2 aliphatic carbocycles. The van der Waals surface area contributed by atoms with Gasteiger partial charge in [-0.1, -0.05) is 112 Å². The van der Waals surface area contributed by atoms with Crippen molar-refractivity contribution >= 4 is 65.1 Å². The Bertz CT molecular complexity index is 1890. The topological polar surface area (TPSA) is 0 Å². The molecule has 298 valence electrons. The van der Waals surface area contributed by atoms with Crippen LogP contribution in [0.3, 0.4) is 0 Å². The van der Waals surface area contributed by atoms with Gasteiger partial charge in [0.2, 0.25) is 0 Å². The Hall–Kier alpha value is -0.757. The first kappa shape index (κ1) is 48.9. The molecule has 57 heavy (non-hydrogen) atoms. The van der Waals surface area contributed by atoms with E-state index < -0.39 is 41.7 Å². The van der Waals surface area contributed by atoms with E-state index in [9.17, 15) is 0 Å². The van der Waals surface area contributed by atoms with Gasteiger partial charge in [0.1, 0.15) is 0 Å². The molecule has 6 aromatic carbocycles. The Morgan fingerprint density at radius 2 is 0.895 bits per heavy atom. The van der Waals surface area contributed by atoms with Crippen molar-refractivity contribution in [3.63, 3.8) is 0 Å². The number of fused-ring (bicyclic) bond motifs is 2. The van der Waals surface area contributed by atoms with Gasteiger partial charge in [0.25, 0.3) is 0 Å². The first-order chi connectivity index (χ1) is 27.7. The Kier molecular flexibility index (Phi) is 21.7. The normalized spacial score (nSPS) is 13.9. The predicted octanol–water partition coefficient (Wildman–Crippen LogP) is 16.8. The van der Waals surface area contributed by atoms with Gasteiger partial charge in [-0.3, -0.25) is 0 Å². The molecule has 0 amide bonds. The molecular weight excluding hydrogens is 953 g/mol. The minimum atomic E-state index is -0.826. The Morgan fingerprint density at radius 1 is 0.561 bits per heavy atom. The standard InChI is InChI=1S/2C24H27.C2H4Si.4ClH.2Zr/c2*1-3-12-24(13-14-24)17-19-15-21-6-5-7-22(23(21)16-19)20-10-8-18(4-2)9-11-20;1-3-2;;;;;;/h2*5-11,15-16H,3-4,12-14,17H2,1-2H3;1-2H2;4*1H;;/q2*-1;-2;;;;;2*+4/p-4. The van der Waals surface area contributed by atoms with Gasteiger partial charge in [0, 0.05) is 0 Å². The zero-order chi connectivity index (χ0) is 41.3. The second kappa shape index (κ2) is 25.2. The quantitative estimate of drug-likeness (QED) is 0.0847. The molecule has 0 heterocycles. The fourth-order valence-corrected chi connectivity index (χ4v) is 8.45. The third-order valence-corrected chi connectivity index (χ3v) is 11.6. The summed E-state index contributed by atoms with van der Waals surface area (Å²) in [5, 5.41) is 5.64. The van der Waals surface area contributed by atoms with Crippen LogP contribution >= 0.6 is 34.1 Å². The van der Waals surface area contributed by atoms with Crippen molar-refractivity contribution < 1.29 is 41.7 Å². The van der Waals surface area contributed by atoms with Crippen LogP contribution in [0.4, 0.5) is 0 Å². The van der Waals surface area contributed by atoms with Gasteiger partial charge in [-0.05, 0) is 97.3 Å². The van der Waals surface area contributed by atoms with Gasteiger partial charge in [-0.15, -0.1) is 69.1 Å². The molecule has 7 heteroatoms. The zero-order valence-electron chi connectivity index (χ0n) is 34.3.